The van der Waals surface area contributed by atoms with Crippen molar-refractivity contribution >= 4 is 27.3 Å². The van der Waals surface area contributed by atoms with Gasteiger partial charge in [-0.05, 0) is 49.2 Å². The van der Waals surface area contributed by atoms with E-state index in [4.69, 9.17) is 0 Å². The number of rotatable bonds is 7. The Morgan fingerprint density at radius 2 is 1.84 bits per heavy atom. The molecule has 0 aliphatic heterocycles. The van der Waals surface area contributed by atoms with Crippen LogP contribution < -0.4 is 5.32 Å². The number of carbonyl (C=O) groups excluding carboxylic acids is 1. The van der Waals surface area contributed by atoms with Crippen LogP contribution in [0.15, 0.2) is 72.4 Å². The number of nitrogens with one attached hydrogen (secondary N) is 1. The first-order valence-corrected chi connectivity index (χ1v) is 13.2. The summed E-state index contributed by atoms with van der Waals surface area (Å²) in [5.74, 6) is 0.433. The zero-order valence-electron chi connectivity index (χ0n) is 20.0. The fourth-order valence-electron chi connectivity index (χ4n) is 3.76. The fourth-order valence-corrected chi connectivity index (χ4v) is 4.28. The molecule has 0 spiro atoms. The number of nitrogens with zero attached hydrogens (tertiary/aromatic N) is 7. The Bertz CT molecular complexity index is 1720. The van der Waals surface area contributed by atoms with Gasteiger partial charge < -0.3 is 5.32 Å². The molecule has 5 rings (SSSR count). The lowest BCUT2D eigenvalue weighted by Gasteiger charge is -2.07. The van der Waals surface area contributed by atoms with Gasteiger partial charge >= 0.3 is 0 Å². The van der Waals surface area contributed by atoms with Gasteiger partial charge in [-0.15, -0.1) is 0 Å². The van der Waals surface area contributed by atoms with Crippen LogP contribution in [0, 0.1) is 6.92 Å². The van der Waals surface area contributed by atoms with Crippen LogP contribution in [-0.4, -0.2) is 54.9 Å². The molecule has 186 valence electrons. The lowest BCUT2D eigenvalue weighted by Crippen LogP contribution is -2.14. The van der Waals surface area contributed by atoms with Gasteiger partial charge in [0.05, 0.1) is 11.4 Å². The number of amides is 1. The highest BCUT2D eigenvalue weighted by Gasteiger charge is 2.21. The third-order valence-electron chi connectivity index (χ3n) is 5.46. The van der Waals surface area contributed by atoms with Crippen LogP contribution in [0.25, 0.3) is 28.6 Å². The minimum absolute atomic E-state index is 0.193. The maximum Gasteiger partial charge on any atom is 0.247 e. The first-order chi connectivity index (χ1) is 17.8. The number of sulfone groups is 1. The van der Waals surface area contributed by atoms with Crippen LogP contribution in [0.5, 0.6) is 0 Å². The topological polar surface area (TPSA) is 145 Å². The lowest BCUT2D eigenvalue weighted by molar-refractivity contribution is -0.116. The van der Waals surface area contributed by atoms with E-state index in [-0.39, 0.29) is 23.3 Å². The molecule has 5 aromatic heterocycles. The van der Waals surface area contributed by atoms with Gasteiger partial charge in [0, 0.05) is 43.2 Å². The van der Waals surface area contributed by atoms with Crippen molar-refractivity contribution in [3.63, 3.8) is 0 Å². The Labute approximate surface area is 212 Å². The summed E-state index contributed by atoms with van der Waals surface area (Å²) in [7, 11) is -3.63. The molecule has 11 nitrogen and oxygen atoms in total. The quantitative estimate of drug-likeness (QED) is 0.324. The predicted molar refractivity (Wildman–Crippen MR) is 136 cm³/mol. The predicted octanol–water partition coefficient (Wildman–Crippen LogP) is 2.93. The number of pyridine rings is 2. The molecule has 0 aromatic carbocycles. The first kappa shape index (κ1) is 24.1. The summed E-state index contributed by atoms with van der Waals surface area (Å²) in [5, 5.41) is 2.51. The van der Waals surface area contributed by atoms with E-state index < -0.39 is 9.84 Å². The molecular weight excluding hydrogens is 492 g/mol. The number of aromatic nitrogens is 7. The van der Waals surface area contributed by atoms with Gasteiger partial charge in [0.1, 0.15) is 17.2 Å². The highest BCUT2D eigenvalue weighted by molar-refractivity contribution is 7.90. The summed E-state index contributed by atoms with van der Waals surface area (Å²) in [6.07, 6.45) is 8.37. The second kappa shape index (κ2) is 9.82. The maximum absolute atomic E-state index is 12.5. The molecular formula is C25H22N8O3S. The van der Waals surface area contributed by atoms with Crippen LogP contribution in [0.1, 0.15) is 17.7 Å². The van der Waals surface area contributed by atoms with Crippen molar-refractivity contribution < 1.29 is 13.2 Å². The molecule has 0 fully saturated rings. The van der Waals surface area contributed by atoms with E-state index in [0.717, 1.165) is 17.5 Å². The zero-order valence-corrected chi connectivity index (χ0v) is 20.8. The molecule has 12 heteroatoms. The second-order valence-electron chi connectivity index (χ2n) is 8.36. The molecule has 0 radical (unpaired) electrons. The Hall–Kier alpha value is -4.58. The summed E-state index contributed by atoms with van der Waals surface area (Å²) in [6, 6.07) is 12.5. The van der Waals surface area contributed by atoms with E-state index in [1.165, 1.54) is 6.20 Å². The van der Waals surface area contributed by atoms with Crippen LogP contribution >= 0.6 is 0 Å². The van der Waals surface area contributed by atoms with Crippen molar-refractivity contribution in [2.75, 3.05) is 11.6 Å². The minimum atomic E-state index is -3.63. The summed E-state index contributed by atoms with van der Waals surface area (Å²) in [6.45, 7) is 1.86. The molecule has 0 bridgehead atoms. The Balaban J connectivity index is 1.53. The molecule has 0 saturated heterocycles. The Kier molecular flexibility index (Phi) is 6.40. The van der Waals surface area contributed by atoms with Gasteiger partial charge in [-0.3, -0.25) is 19.2 Å². The molecule has 0 unspecified atom stereocenters. The third-order valence-corrected chi connectivity index (χ3v) is 6.32. The van der Waals surface area contributed by atoms with E-state index in [2.05, 4.69) is 35.2 Å². The number of hydrogen-bond donors (Lipinski definition) is 1. The molecule has 1 amide bonds. The number of hydrogen-bond acceptors (Lipinski definition) is 9. The number of aryl methyl sites for hydroxylation is 2. The van der Waals surface area contributed by atoms with E-state index in [1.807, 2.05) is 31.2 Å². The molecule has 5 heterocycles. The second-order valence-corrected chi connectivity index (χ2v) is 10.3. The van der Waals surface area contributed by atoms with Gasteiger partial charge in [0.15, 0.2) is 0 Å². The van der Waals surface area contributed by atoms with Gasteiger partial charge in [-0.1, -0.05) is 12.1 Å². The van der Waals surface area contributed by atoms with Crippen molar-refractivity contribution in [3.05, 3.63) is 78.5 Å². The molecule has 5 aromatic rings. The van der Waals surface area contributed by atoms with Crippen LogP contribution in [0.2, 0.25) is 0 Å². The minimum Gasteiger partial charge on any atom is -0.311 e. The van der Waals surface area contributed by atoms with E-state index in [0.29, 0.717) is 35.0 Å². The molecule has 0 aliphatic carbocycles. The fraction of sp³-hybridized carbons (Fsp3) is 0.160. The van der Waals surface area contributed by atoms with Gasteiger partial charge in [-0.25, -0.2) is 23.4 Å². The number of anilines is 1. The van der Waals surface area contributed by atoms with Gasteiger partial charge in [0.25, 0.3) is 0 Å². The largest absolute Gasteiger partial charge is 0.311 e. The highest BCUT2D eigenvalue weighted by atomic mass is 32.2. The standard InChI is InChI=1S/C25H22N8O3S/c1-16-5-3-7-18(28-16)22-23(19-10-13-27-25(29-19)37(2,35)36)33-14-11-20(31-24(33)32-22)30-21(34)9-8-17-6-4-12-26-15-17/h3-7,10-15H,8-9H2,1-2H3,(H,30,31,32,34). The Morgan fingerprint density at radius 3 is 2.59 bits per heavy atom. The van der Waals surface area contributed by atoms with Crippen molar-refractivity contribution in [3.8, 4) is 22.8 Å². The number of carbonyl (C=O) groups is 1. The monoisotopic (exact) mass is 514 g/mol. The van der Waals surface area contributed by atoms with Crippen molar-refractivity contribution in [2.24, 2.45) is 0 Å². The maximum atomic E-state index is 12.5. The van der Waals surface area contributed by atoms with Gasteiger partial charge in [0.2, 0.25) is 26.7 Å². The van der Waals surface area contributed by atoms with E-state index >= 15 is 0 Å². The summed E-state index contributed by atoms with van der Waals surface area (Å²) >= 11 is 0. The van der Waals surface area contributed by atoms with E-state index in [1.54, 1.807) is 41.2 Å². The normalized spacial score (nSPS) is 11.5. The zero-order chi connectivity index (χ0) is 26.0. The van der Waals surface area contributed by atoms with Crippen LogP contribution in [-0.2, 0) is 21.1 Å². The van der Waals surface area contributed by atoms with E-state index in [9.17, 15) is 13.2 Å². The summed E-state index contributed by atoms with van der Waals surface area (Å²) < 4.78 is 25.9. The van der Waals surface area contributed by atoms with Crippen molar-refractivity contribution in [1.29, 1.82) is 0 Å². The summed E-state index contributed by atoms with van der Waals surface area (Å²) in [5.41, 5.74) is 3.64. The molecule has 1 N–H and O–H groups in total. The van der Waals surface area contributed by atoms with Gasteiger partial charge in [-0.2, -0.15) is 4.98 Å². The average Bonchev–Trinajstić information content (AvgIpc) is 3.26. The van der Waals surface area contributed by atoms with Crippen molar-refractivity contribution in [1.82, 2.24) is 34.3 Å². The Morgan fingerprint density at radius 1 is 0.973 bits per heavy atom. The highest BCUT2D eigenvalue weighted by Crippen LogP contribution is 2.31. The summed E-state index contributed by atoms with van der Waals surface area (Å²) in [4.78, 5) is 38.5. The molecule has 0 atom stereocenters. The smallest absolute Gasteiger partial charge is 0.247 e. The molecule has 0 saturated carbocycles. The van der Waals surface area contributed by atoms with Crippen LogP contribution in [0.3, 0.4) is 0 Å². The first-order valence-electron chi connectivity index (χ1n) is 11.3. The van der Waals surface area contributed by atoms with Crippen LogP contribution in [0.4, 0.5) is 5.82 Å². The molecule has 37 heavy (non-hydrogen) atoms. The SMILES string of the molecule is Cc1cccc(-c2nc3nc(NC(=O)CCc4cccnc4)ccn3c2-c2ccnc(S(C)(=O)=O)n2)n1. The molecule has 0 aliphatic rings. The number of fused-ring (bicyclic) bond motifs is 1. The van der Waals surface area contributed by atoms with Crippen molar-refractivity contribution in [2.45, 2.75) is 24.9 Å². The lowest BCUT2D eigenvalue weighted by atomic mass is 10.1. The average molecular weight is 515 g/mol. The third kappa shape index (κ3) is 5.33. The number of imidazole rings is 1.